The number of nitrogens with zero attached hydrogens (tertiary/aromatic N) is 2. The summed E-state index contributed by atoms with van der Waals surface area (Å²) in [5.74, 6) is -0.252. The van der Waals surface area contributed by atoms with Gasteiger partial charge in [-0.1, -0.05) is 55.8 Å². The van der Waals surface area contributed by atoms with Crippen LogP contribution in [0.4, 0.5) is 5.69 Å². The van der Waals surface area contributed by atoms with E-state index >= 15 is 0 Å². The monoisotopic (exact) mass is 615 g/mol. The maximum absolute atomic E-state index is 14.1. The van der Waals surface area contributed by atoms with Crippen molar-refractivity contribution in [3.8, 4) is 11.5 Å². The number of benzene rings is 3. The second-order valence-corrected chi connectivity index (χ2v) is 12.1. The van der Waals surface area contributed by atoms with Crippen LogP contribution in [0.3, 0.4) is 0 Å². The van der Waals surface area contributed by atoms with Gasteiger partial charge in [0.25, 0.3) is 10.0 Å². The molecule has 3 aromatic carbocycles. The summed E-state index contributed by atoms with van der Waals surface area (Å²) in [5, 5.41) is 3.38. The fraction of sp³-hybridized carbons (Fsp3) is 0.355. The Kier molecular flexibility index (Phi) is 11.6. The van der Waals surface area contributed by atoms with Crippen molar-refractivity contribution in [1.29, 1.82) is 0 Å². The molecule has 0 fully saturated rings. The number of methoxy groups -OCH3 is 2. The molecule has 0 bridgehead atoms. The molecular formula is C31H38ClN3O6S. The second kappa shape index (κ2) is 14.9. The molecule has 3 rings (SSSR count). The molecule has 2 atom stereocenters. The van der Waals surface area contributed by atoms with Gasteiger partial charge in [-0.2, -0.15) is 0 Å². The van der Waals surface area contributed by atoms with E-state index in [1.54, 1.807) is 12.1 Å². The minimum Gasteiger partial charge on any atom is -0.493 e. The van der Waals surface area contributed by atoms with Crippen LogP contribution in [0.2, 0.25) is 5.02 Å². The van der Waals surface area contributed by atoms with E-state index in [2.05, 4.69) is 5.32 Å². The summed E-state index contributed by atoms with van der Waals surface area (Å²) in [6, 6.07) is 18.8. The molecule has 0 heterocycles. The Labute approximate surface area is 253 Å². The standard InChI is InChI=1S/C31H38ClN3O6S/c1-6-22(3)33-31(37)27(7-2)34(20-23-11-9-8-10-12-23)30(36)21-35(25-15-13-24(32)14-16-25)42(38,39)26-17-18-28(40-4)29(19-26)41-5/h8-19,22,27H,6-7,20-21H2,1-5H3,(H,33,37)/t22-,27+/m0/s1. The van der Waals surface area contributed by atoms with E-state index in [4.69, 9.17) is 21.1 Å². The number of halogens is 1. The molecule has 0 radical (unpaired) electrons. The van der Waals surface area contributed by atoms with Gasteiger partial charge in [0.15, 0.2) is 11.5 Å². The van der Waals surface area contributed by atoms with Crippen LogP contribution >= 0.6 is 11.6 Å². The number of carbonyl (C=O) groups is 2. The molecule has 42 heavy (non-hydrogen) atoms. The smallest absolute Gasteiger partial charge is 0.264 e. The van der Waals surface area contributed by atoms with E-state index in [1.165, 1.54) is 49.5 Å². The molecule has 0 saturated heterocycles. The van der Waals surface area contributed by atoms with Gasteiger partial charge in [0.05, 0.1) is 24.8 Å². The number of ether oxygens (including phenoxy) is 2. The Morgan fingerprint density at radius 3 is 2.12 bits per heavy atom. The largest absolute Gasteiger partial charge is 0.493 e. The molecule has 0 aliphatic carbocycles. The van der Waals surface area contributed by atoms with E-state index < -0.39 is 28.5 Å². The summed E-state index contributed by atoms with van der Waals surface area (Å²) >= 11 is 6.10. The van der Waals surface area contributed by atoms with Crippen LogP contribution in [0, 0.1) is 0 Å². The molecule has 0 aromatic heterocycles. The van der Waals surface area contributed by atoms with Gasteiger partial charge < -0.3 is 19.7 Å². The average Bonchev–Trinajstić information content (AvgIpc) is 3.00. The average molecular weight is 616 g/mol. The molecule has 0 spiro atoms. The first kappa shape index (κ1) is 32.8. The highest BCUT2D eigenvalue weighted by atomic mass is 35.5. The topological polar surface area (TPSA) is 105 Å². The van der Waals surface area contributed by atoms with Gasteiger partial charge in [-0.3, -0.25) is 13.9 Å². The minimum atomic E-state index is -4.29. The lowest BCUT2D eigenvalue weighted by atomic mass is 10.1. The lowest BCUT2D eigenvalue weighted by molar-refractivity contribution is -0.140. The number of sulfonamides is 1. The minimum absolute atomic E-state index is 0.0868. The fourth-order valence-corrected chi connectivity index (χ4v) is 5.94. The predicted octanol–water partition coefficient (Wildman–Crippen LogP) is 5.27. The zero-order chi connectivity index (χ0) is 30.9. The Balaban J connectivity index is 2.08. The van der Waals surface area contributed by atoms with Crippen molar-refractivity contribution >= 4 is 39.1 Å². The van der Waals surface area contributed by atoms with Crippen molar-refractivity contribution in [2.75, 3.05) is 25.1 Å². The normalized spacial score (nSPS) is 12.6. The van der Waals surface area contributed by atoms with Gasteiger partial charge in [0.2, 0.25) is 11.8 Å². The van der Waals surface area contributed by atoms with Crippen molar-refractivity contribution in [2.24, 2.45) is 0 Å². The Morgan fingerprint density at radius 1 is 0.905 bits per heavy atom. The highest BCUT2D eigenvalue weighted by Crippen LogP contribution is 2.32. The van der Waals surface area contributed by atoms with Crippen molar-refractivity contribution in [1.82, 2.24) is 10.2 Å². The highest BCUT2D eigenvalue weighted by molar-refractivity contribution is 7.92. The number of hydrogen-bond acceptors (Lipinski definition) is 6. The lowest BCUT2D eigenvalue weighted by Gasteiger charge is -2.33. The Hall–Kier alpha value is -3.76. The van der Waals surface area contributed by atoms with Gasteiger partial charge in [-0.25, -0.2) is 8.42 Å². The summed E-state index contributed by atoms with van der Waals surface area (Å²) in [6.07, 6.45) is 1.06. The molecule has 9 nitrogen and oxygen atoms in total. The number of anilines is 1. The Morgan fingerprint density at radius 2 is 1.55 bits per heavy atom. The van der Waals surface area contributed by atoms with Crippen LogP contribution in [-0.2, 0) is 26.2 Å². The molecule has 2 amide bonds. The molecule has 0 aliphatic heterocycles. The SMILES string of the molecule is CC[C@H](C(=O)N[C@@H](C)CC)N(Cc1ccccc1)C(=O)CN(c1ccc(Cl)cc1)S(=O)(=O)c1ccc(OC)c(OC)c1. The maximum atomic E-state index is 14.1. The van der Waals surface area contributed by atoms with E-state index in [0.29, 0.717) is 17.2 Å². The first-order valence-corrected chi connectivity index (χ1v) is 15.5. The molecule has 11 heteroatoms. The summed E-state index contributed by atoms with van der Waals surface area (Å²) in [4.78, 5) is 28.8. The number of amides is 2. The van der Waals surface area contributed by atoms with Crippen LogP contribution < -0.4 is 19.1 Å². The van der Waals surface area contributed by atoms with E-state index in [0.717, 1.165) is 16.3 Å². The predicted molar refractivity (Wildman–Crippen MR) is 164 cm³/mol. The lowest BCUT2D eigenvalue weighted by Crippen LogP contribution is -2.53. The van der Waals surface area contributed by atoms with Crippen molar-refractivity contribution in [2.45, 2.75) is 57.1 Å². The fourth-order valence-electron chi connectivity index (χ4n) is 4.38. The number of rotatable bonds is 14. The van der Waals surface area contributed by atoms with Crippen molar-refractivity contribution in [3.63, 3.8) is 0 Å². The van der Waals surface area contributed by atoms with Crippen molar-refractivity contribution in [3.05, 3.63) is 83.4 Å². The molecule has 226 valence electrons. The zero-order valence-electron chi connectivity index (χ0n) is 24.5. The first-order valence-electron chi connectivity index (χ1n) is 13.7. The quantitative estimate of drug-likeness (QED) is 0.265. The summed E-state index contributed by atoms with van der Waals surface area (Å²) in [7, 11) is -1.43. The number of hydrogen-bond donors (Lipinski definition) is 1. The van der Waals surface area contributed by atoms with Crippen LogP contribution in [-0.4, -0.2) is 58.0 Å². The molecule has 0 saturated carbocycles. The van der Waals surface area contributed by atoms with Gasteiger partial charge in [-0.15, -0.1) is 0 Å². The Bertz CT molecular complexity index is 1450. The number of carbonyl (C=O) groups excluding carboxylic acids is 2. The molecule has 3 aromatic rings. The van der Waals surface area contributed by atoms with Crippen LogP contribution in [0.1, 0.15) is 39.2 Å². The van der Waals surface area contributed by atoms with E-state index in [9.17, 15) is 18.0 Å². The van der Waals surface area contributed by atoms with Gasteiger partial charge in [-0.05, 0) is 61.7 Å². The van der Waals surface area contributed by atoms with E-state index in [1.807, 2.05) is 51.1 Å². The molecule has 0 unspecified atom stereocenters. The van der Waals surface area contributed by atoms with Crippen LogP contribution in [0.15, 0.2) is 77.7 Å². The molecular weight excluding hydrogens is 578 g/mol. The molecule has 1 N–H and O–H groups in total. The third kappa shape index (κ3) is 7.95. The molecule has 0 aliphatic rings. The third-order valence-electron chi connectivity index (χ3n) is 6.92. The van der Waals surface area contributed by atoms with Crippen LogP contribution in [0.25, 0.3) is 0 Å². The van der Waals surface area contributed by atoms with Gasteiger partial charge in [0, 0.05) is 23.7 Å². The summed E-state index contributed by atoms with van der Waals surface area (Å²) < 4.78 is 39.8. The van der Waals surface area contributed by atoms with Gasteiger partial charge >= 0.3 is 0 Å². The van der Waals surface area contributed by atoms with Gasteiger partial charge in [0.1, 0.15) is 12.6 Å². The third-order valence-corrected chi connectivity index (χ3v) is 8.94. The number of nitrogens with one attached hydrogen (secondary N) is 1. The zero-order valence-corrected chi connectivity index (χ0v) is 26.1. The van der Waals surface area contributed by atoms with Crippen LogP contribution in [0.5, 0.6) is 11.5 Å². The van der Waals surface area contributed by atoms with Crippen molar-refractivity contribution < 1.29 is 27.5 Å². The second-order valence-electron chi connectivity index (χ2n) is 9.75. The first-order chi connectivity index (χ1) is 20.0. The van der Waals surface area contributed by atoms with E-state index in [-0.39, 0.29) is 34.8 Å². The summed E-state index contributed by atoms with van der Waals surface area (Å²) in [5.41, 5.74) is 1.04. The maximum Gasteiger partial charge on any atom is 0.264 e. The summed E-state index contributed by atoms with van der Waals surface area (Å²) in [6.45, 7) is 5.24. The highest BCUT2D eigenvalue weighted by Gasteiger charge is 2.34.